The molecule has 1 aromatic carbocycles. The number of carbonyl (C=O) groups is 1. The highest BCUT2D eigenvalue weighted by atomic mass is 16.4. The minimum absolute atomic E-state index is 0.0715. The Hall–Kier alpha value is -2.37. The summed E-state index contributed by atoms with van der Waals surface area (Å²) < 4.78 is 1.40. The van der Waals surface area contributed by atoms with Gasteiger partial charge in [-0.15, -0.1) is 0 Å². The summed E-state index contributed by atoms with van der Waals surface area (Å²) in [5.41, 5.74) is -0.370. The smallest absolute Gasteiger partial charge is 0.335 e. The maximum absolute atomic E-state index is 11.9. The normalized spacial score (nSPS) is 11.2. The standard InChI is InChI=1S/C14H16N2O4/c1-8(2)5-6-16-11-4-3-9(14(19)20)7-10(11)15-12(17)13(16)18/h3-4,7-8H,5-6H2,1-2H3,(H,15,17)(H,19,20). The molecule has 0 amide bonds. The monoisotopic (exact) mass is 276 g/mol. The molecule has 2 rings (SSSR count). The highest BCUT2D eigenvalue weighted by Crippen LogP contribution is 2.13. The summed E-state index contributed by atoms with van der Waals surface area (Å²) in [4.78, 5) is 36.9. The van der Waals surface area contributed by atoms with Gasteiger partial charge >= 0.3 is 17.1 Å². The number of aromatic amines is 1. The van der Waals surface area contributed by atoms with Crippen molar-refractivity contribution in [3.63, 3.8) is 0 Å². The zero-order valence-corrected chi connectivity index (χ0v) is 11.3. The van der Waals surface area contributed by atoms with Crippen molar-refractivity contribution in [1.29, 1.82) is 0 Å². The number of carboxylic acid groups (broad SMARTS) is 1. The fourth-order valence-corrected chi connectivity index (χ4v) is 2.02. The Labute approximate surface area is 114 Å². The van der Waals surface area contributed by atoms with Gasteiger partial charge in [-0.3, -0.25) is 9.59 Å². The minimum Gasteiger partial charge on any atom is -0.478 e. The van der Waals surface area contributed by atoms with Gasteiger partial charge in [0.05, 0.1) is 16.6 Å². The highest BCUT2D eigenvalue weighted by Gasteiger charge is 2.10. The second-order valence-electron chi connectivity index (χ2n) is 5.13. The predicted octanol–water partition coefficient (Wildman–Crippen LogP) is 1.43. The van der Waals surface area contributed by atoms with Crippen LogP contribution in [-0.4, -0.2) is 20.6 Å². The molecule has 0 atom stereocenters. The molecule has 1 aromatic heterocycles. The minimum atomic E-state index is -1.08. The molecule has 6 heteroatoms. The van der Waals surface area contributed by atoms with Crippen molar-refractivity contribution >= 4 is 17.0 Å². The first-order valence-electron chi connectivity index (χ1n) is 6.40. The van der Waals surface area contributed by atoms with E-state index < -0.39 is 17.1 Å². The van der Waals surface area contributed by atoms with Crippen LogP contribution in [0.1, 0.15) is 30.6 Å². The number of aromatic nitrogens is 2. The van der Waals surface area contributed by atoms with E-state index >= 15 is 0 Å². The van der Waals surface area contributed by atoms with Crippen LogP contribution in [-0.2, 0) is 6.54 Å². The van der Waals surface area contributed by atoms with Crippen LogP contribution in [0.25, 0.3) is 11.0 Å². The lowest BCUT2D eigenvalue weighted by molar-refractivity contribution is 0.0697. The largest absolute Gasteiger partial charge is 0.478 e. The van der Waals surface area contributed by atoms with Gasteiger partial charge in [-0.25, -0.2) is 4.79 Å². The van der Waals surface area contributed by atoms with Gasteiger partial charge in [-0.05, 0) is 30.5 Å². The van der Waals surface area contributed by atoms with Gasteiger partial charge in [0.2, 0.25) is 0 Å². The predicted molar refractivity (Wildman–Crippen MR) is 75.2 cm³/mol. The highest BCUT2D eigenvalue weighted by molar-refractivity contribution is 5.92. The Kier molecular flexibility index (Phi) is 3.74. The Balaban J connectivity index is 2.66. The number of carboxylic acids is 1. The van der Waals surface area contributed by atoms with Crippen molar-refractivity contribution in [2.75, 3.05) is 0 Å². The summed E-state index contributed by atoms with van der Waals surface area (Å²) in [6.07, 6.45) is 0.763. The van der Waals surface area contributed by atoms with E-state index in [2.05, 4.69) is 4.98 Å². The first kappa shape index (κ1) is 14.0. The molecule has 0 aliphatic rings. The lowest BCUT2D eigenvalue weighted by Crippen LogP contribution is -2.36. The number of hydrogen-bond donors (Lipinski definition) is 2. The molecule has 0 aliphatic carbocycles. The average molecular weight is 276 g/mol. The molecule has 0 unspecified atom stereocenters. The maximum Gasteiger partial charge on any atom is 0.335 e. The molecule has 106 valence electrons. The first-order valence-corrected chi connectivity index (χ1v) is 6.40. The maximum atomic E-state index is 11.9. The molecule has 20 heavy (non-hydrogen) atoms. The molecule has 0 aliphatic heterocycles. The fraction of sp³-hybridized carbons (Fsp3) is 0.357. The molecule has 0 spiro atoms. The van der Waals surface area contributed by atoms with Crippen LogP contribution in [0.15, 0.2) is 27.8 Å². The summed E-state index contributed by atoms with van der Waals surface area (Å²) in [5, 5.41) is 8.95. The third-order valence-corrected chi connectivity index (χ3v) is 3.15. The molecule has 1 heterocycles. The van der Waals surface area contributed by atoms with Crippen LogP contribution in [0.4, 0.5) is 0 Å². The van der Waals surface area contributed by atoms with Crippen LogP contribution in [0.2, 0.25) is 0 Å². The summed E-state index contributed by atoms with van der Waals surface area (Å²) in [7, 11) is 0. The van der Waals surface area contributed by atoms with E-state index in [1.807, 2.05) is 13.8 Å². The van der Waals surface area contributed by atoms with Crippen LogP contribution < -0.4 is 11.1 Å². The fourth-order valence-electron chi connectivity index (χ4n) is 2.02. The van der Waals surface area contributed by atoms with Crippen molar-refractivity contribution in [3.05, 3.63) is 44.5 Å². The van der Waals surface area contributed by atoms with Crippen LogP contribution in [0.3, 0.4) is 0 Å². The number of aromatic carboxylic acids is 1. The number of benzene rings is 1. The van der Waals surface area contributed by atoms with E-state index in [4.69, 9.17) is 5.11 Å². The molecule has 2 aromatic rings. The number of aryl methyl sites for hydroxylation is 1. The van der Waals surface area contributed by atoms with Crippen molar-refractivity contribution in [1.82, 2.24) is 9.55 Å². The number of rotatable bonds is 4. The molecule has 0 saturated heterocycles. The SMILES string of the molecule is CC(C)CCn1c(=O)c(=O)[nH]c2cc(C(=O)O)ccc21. The molecule has 2 N–H and O–H groups in total. The summed E-state index contributed by atoms with van der Waals surface area (Å²) in [6.45, 7) is 4.50. The Morgan fingerprint density at radius 2 is 2.05 bits per heavy atom. The topological polar surface area (TPSA) is 92.2 Å². The first-order chi connectivity index (χ1) is 9.40. The van der Waals surface area contributed by atoms with E-state index in [1.165, 1.54) is 16.7 Å². The zero-order valence-electron chi connectivity index (χ0n) is 11.3. The van der Waals surface area contributed by atoms with Gasteiger partial charge in [-0.2, -0.15) is 0 Å². The molecular formula is C14H16N2O4. The van der Waals surface area contributed by atoms with Gasteiger partial charge in [0.15, 0.2) is 0 Å². The number of fused-ring (bicyclic) bond motifs is 1. The average Bonchev–Trinajstić information content (AvgIpc) is 2.38. The second kappa shape index (κ2) is 5.32. The van der Waals surface area contributed by atoms with Crippen LogP contribution in [0.5, 0.6) is 0 Å². The molecule has 0 radical (unpaired) electrons. The lowest BCUT2D eigenvalue weighted by atomic mass is 10.1. The molecule has 0 bridgehead atoms. The quantitative estimate of drug-likeness (QED) is 0.826. The van der Waals surface area contributed by atoms with E-state index in [-0.39, 0.29) is 5.56 Å². The summed E-state index contributed by atoms with van der Waals surface area (Å²) in [6, 6.07) is 4.34. The summed E-state index contributed by atoms with van der Waals surface area (Å²) >= 11 is 0. The van der Waals surface area contributed by atoms with Gasteiger partial charge in [0, 0.05) is 6.54 Å². The van der Waals surface area contributed by atoms with Crippen molar-refractivity contribution < 1.29 is 9.90 Å². The molecular weight excluding hydrogens is 260 g/mol. The van der Waals surface area contributed by atoms with Crippen molar-refractivity contribution in [2.24, 2.45) is 5.92 Å². The Bertz CT molecular complexity index is 771. The van der Waals surface area contributed by atoms with Crippen molar-refractivity contribution in [2.45, 2.75) is 26.8 Å². The third kappa shape index (κ3) is 2.64. The Morgan fingerprint density at radius 3 is 2.65 bits per heavy atom. The summed E-state index contributed by atoms with van der Waals surface area (Å²) in [5.74, 6) is -0.679. The number of nitrogens with one attached hydrogen (secondary N) is 1. The van der Waals surface area contributed by atoms with Crippen LogP contribution in [0, 0.1) is 5.92 Å². The van der Waals surface area contributed by atoms with Gasteiger partial charge in [0.1, 0.15) is 0 Å². The third-order valence-electron chi connectivity index (χ3n) is 3.15. The number of nitrogens with zero attached hydrogens (tertiary/aromatic N) is 1. The Morgan fingerprint density at radius 1 is 1.35 bits per heavy atom. The van der Waals surface area contributed by atoms with Gasteiger partial charge in [-0.1, -0.05) is 13.8 Å². The molecule has 0 fully saturated rings. The number of hydrogen-bond acceptors (Lipinski definition) is 3. The molecule has 6 nitrogen and oxygen atoms in total. The second-order valence-corrected chi connectivity index (χ2v) is 5.13. The van der Waals surface area contributed by atoms with E-state index in [9.17, 15) is 14.4 Å². The van der Waals surface area contributed by atoms with E-state index in [1.54, 1.807) is 6.07 Å². The van der Waals surface area contributed by atoms with Gasteiger partial charge in [0.25, 0.3) is 0 Å². The van der Waals surface area contributed by atoms with Crippen molar-refractivity contribution in [3.8, 4) is 0 Å². The zero-order chi connectivity index (χ0) is 14.9. The van der Waals surface area contributed by atoms with E-state index in [0.29, 0.717) is 23.5 Å². The van der Waals surface area contributed by atoms with Crippen LogP contribution >= 0.6 is 0 Å². The van der Waals surface area contributed by atoms with Gasteiger partial charge < -0.3 is 14.7 Å². The van der Waals surface area contributed by atoms with E-state index in [0.717, 1.165) is 6.42 Å². The number of H-pyrrole nitrogens is 1. The lowest BCUT2D eigenvalue weighted by Gasteiger charge is -2.11. The molecule has 0 saturated carbocycles.